The smallest absolute Gasteiger partial charge is 0.338 e. The molecule has 132 valence electrons. The molecule has 0 saturated carbocycles. The normalized spacial score (nSPS) is 11.0. The van der Waals surface area contributed by atoms with Crippen LogP contribution in [0.25, 0.3) is 0 Å². The van der Waals surface area contributed by atoms with Crippen molar-refractivity contribution in [1.82, 2.24) is 0 Å². The van der Waals surface area contributed by atoms with Crippen molar-refractivity contribution in [2.45, 2.75) is 11.8 Å². The Hall–Kier alpha value is -2.23. The molecule has 3 N–H and O–H groups in total. The summed E-state index contributed by atoms with van der Waals surface area (Å²) in [5, 5.41) is 7.67. The lowest BCUT2D eigenvalue weighted by atomic mass is 10.1. The minimum Gasteiger partial charge on any atom is -0.452 e. The number of halogens is 1. The SMILES string of the molecule is Cc1ccc(C(=O)OCC(=O)Nc2ccc(Br)cc2)cc1S(N)(=O)=O. The second-order valence-electron chi connectivity index (χ2n) is 5.16. The van der Waals surface area contributed by atoms with Crippen molar-refractivity contribution >= 4 is 43.5 Å². The van der Waals surface area contributed by atoms with Crippen molar-refractivity contribution in [2.24, 2.45) is 5.14 Å². The van der Waals surface area contributed by atoms with Crippen LogP contribution in [0.1, 0.15) is 15.9 Å². The zero-order valence-corrected chi connectivity index (χ0v) is 15.6. The monoisotopic (exact) mass is 426 g/mol. The minimum atomic E-state index is -3.96. The van der Waals surface area contributed by atoms with Crippen LogP contribution in [-0.2, 0) is 19.6 Å². The zero-order valence-electron chi connectivity index (χ0n) is 13.2. The molecule has 0 aromatic heterocycles. The molecule has 0 saturated heterocycles. The van der Waals surface area contributed by atoms with E-state index in [-0.39, 0.29) is 10.5 Å². The van der Waals surface area contributed by atoms with Crippen LogP contribution in [0.5, 0.6) is 0 Å². The molecule has 2 rings (SSSR count). The van der Waals surface area contributed by atoms with Gasteiger partial charge in [0.25, 0.3) is 5.91 Å². The average molecular weight is 427 g/mol. The van der Waals surface area contributed by atoms with E-state index in [2.05, 4.69) is 21.2 Å². The number of carbonyl (C=O) groups excluding carboxylic acids is 2. The van der Waals surface area contributed by atoms with Crippen molar-refractivity contribution in [1.29, 1.82) is 0 Å². The van der Waals surface area contributed by atoms with E-state index in [1.165, 1.54) is 12.1 Å². The Bertz CT molecular complexity index is 911. The molecule has 0 unspecified atom stereocenters. The summed E-state index contributed by atoms with van der Waals surface area (Å²) in [5.41, 5.74) is 0.953. The summed E-state index contributed by atoms with van der Waals surface area (Å²) in [5.74, 6) is -1.34. The molecule has 0 aliphatic carbocycles. The van der Waals surface area contributed by atoms with E-state index in [1.54, 1.807) is 31.2 Å². The Labute approximate surface area is 153 Å². The number of amides is 1. The Balaban J connectivity index is 2.00. The van der Waals surface area contributed by atoms with E-state index in [9.17, 15) is 18.0 Å². The third-order valence-corrected chi connectivity index (χ3v) is 4.77. The fourth-order valence-corrected chi connectivity index (χ4v) is 3.05. The molecule has 0 aliphatic rings. The molecule has 0 heterocycles. The number of hydrogen-bond acceptors (Lipinski definition) is 5. The van der Waals surface area contributed by atoms with Crippen molar-refractivity contribution in [3.63, 3.8) is 0 Å². The van der Waals surface area contributed by atoms with Crippen molar-refractivity contribution in [3.8, 4) is 0 Å². The summed E-state index contributed by atoms with van der Waals surface area (Å²) < 4.78 is 28.7. The third kappa shape index (κ3) is 5.38. The quantitative estimate of drug-likeness (QED) is 0.710. The van der Waals surface area contributed by atoms with Crippen LogP contribution in [0.15, 0.2) is 51.8 Å². The van der Waals surface area contributed by atoms with Crippen molar-refractivity contribution in [2.75, 3.05) is 11.9 Å². The minimum absolute atomic E-state index is 0.00827. The molecule has 2 aromatic rings. The van der Waals surface area contributed by atoms with Crippen LogP contribution in [0.3, 0.4) is 0 Å². The summed E-state index contributed by atoms with van der Waals surface area (Å²) in [6, 6.07) is 10.8. The van der Waals surface area contributed by atoms with Crippen LogP contribution in [0.2, 0.25) is 0 Å². The Morgan fingerprint density at radius 2 is 1.80 bits per heavy atom. The van der Waals surface area contributed by atoms with Crippen LogP contribution in [0.4, 0.5) is 5.69 Å². The Kier molecular flexibility index (Phi) is 5.93. The number of benzene rings is 2. The lowest BCUT2D eigenvalue weighted by Gasteiger charge is -2.08. The van der Waals surface area contributed by atoms with Gasteiger partial charge in [-0.1, -0.05) is 22.0 Å². The van der Waals surface area contributed by atoms with Crippen molar-refractivity contribution in [3.05, 3.63) is 58.1 Å². The largest absolute Gasteiger partial charge is 0.452 e. The highest BCUT2D eigenvalue weighted by molar-refractivity contribution is 9.10. The van der Waals surface area contributed by atoms with Gasteiger partial charge in [-0.25, -0.2) is 18.4 Å². The molecule has 0 atom stereocenters. The van der Waals surface area contributed by atoms with Crippen LogP contribution in [-0.4, -0.2) is 26.9 Å². The highest BCUT2D eigenvalue weighted by atomic mass is 79.9. The molecular weight excluding hydrogens is 412 g/mol. The number of primary sulfonamides is 1. The lowest BCUT2D eigenvalue weighted by Crippen LogP contribution is -2.21. The van der Waals surface area contributed by atoms with Crippen LogP contribution < -0.4 is 10.5 Å². The van der Waals surface area contributed by atoms with E-state index >= 15 is 0 Å². The highest BCUT2D eigenvalue weighted by Gasteiger charge is 2.17. The number of nitrogens with one attached hydrogen (secondary N) is 1. The number of hydrogen-bond donors (Lipinski definition) is 2. The maximum atomic E-state index is 12.0. The lowest BCUT2D eigenvalue weighted by molar-refractivity contribution is -0.119. The first-order chi connectivity index (χ1) is 11.7. The van der Waals surface area contributed by atoms with Gasteiger partial charge in [0.2, 0.25) is 10.0 Å². The van der Waals surface area contributed by atoms with Crippen LogP contribution in [0, 0.1) is 6.92 Å². The number of aryl methyl sites for hydroxylation is 1. The molecule has 0 bridgehead atoms. The van der Waals surface area contributed by atoms with Gasteiger partial charge in [0.1, 0.15) is 0 Å². The highest BCUT2D eigenvalue weighted by Crippen LogP contribution is 2.17. The second-order valence-corrected chi connectivity index (χ2v) is 7.60. The van der Waals surface area contributed by atoms with E-state index in [1.807, 2.05) is 0 Å². The van der Waals surface area contributed by atoms with E-state index in [4.69, 9.17) is 9.88 Å². The standard InChI is InChI=1S/C16H15BrN2O5S/c1-10-2-3-11(8-14(10)25(18,22)23)16(21)24-9-15(20)19-13-6-4-12(17)5-7-13/h2-8H,9H2,1H3,(H,19,20)(H2,18,22,23). The molecule has 0 fully saturated rings. The predicted molar refractivity (Wildman–Crippen MR) is 95.6 cm³/mol. The molecule has 0 aliphatic heterocycles. The molecule has 9 heteroatoms. The first-order valence-electron chi connectivity index (χ1n) is 7.03. The van der Waals surface area contributed by atoms with Gasteiger partial charge in [-0.2, -0.15) is 0 Å². The fraction of sp³-hybridized carbons (Fsp3) is 0.125. The molecule has 7 nitrogen and oxygen atoms in total. The predicted octanol–water partition coefficient (Wildman–Crippen LogP) is 2.20. The molecule has 2 aromatic carbocycles. The number of anilines is 1. The van der Waals surface area contributed by atoms with Crippen LogP contribution >= 0.6 is 15.9 Å². The van der Waals surface area contributed by atoms with Gasteiger partial charge in [-0.15, -0.1) is 0 Å². The second kappa shape index (κ2) is 7.77. The van der Waals surface area contributed by atoms with Gasteiger partial charge < -0.3 is 10.1 Å². The average Bonchev–Trinajstić information content (AvgIpc) is 2.54. The molecule has 0 radical (unpaired) electrons. The summed E-state index contributed by atoms with van der Waals surface area (Å²) in [6.45, 7) is 1.05. The maximum absolute atomic E-state index is 12.0. The molecular formula is C16H15BrN2O5S. The molecule has 0 spiro atoms. The van der Waals surface area contributed by atoms with Gasteiger partial charge in [-0.05, 0) is 48.9 Å². The number of rotatable bonds is 5. The molecule has 1 amide bonds. The van der Waals surface area contributed by atoms with E-state index < -0.39 is 28.5 Å². The molecule has 25 heavy (non-hydrogen) atoms. The number of ether oxygens (including phenoxy) is 1. The summed E-state index contributed by atoms with van der Waals surface area (Å²) in [4.78, 5) is 23.6. The number of esters is 1. The maximum Gasteiger partial charge on any atom is 0.338 e. The van der Waals surface area contributed by atoms with E-state index in [0.29, 0.717) is 11.3 Å². The van der Waals surface area contributed by atoms with Gasteiger partial charge in [0, 0.05) is 10.2 Å². The summed E-state index contributed by atoms with van der Waals surface area (Å²) in [7, 11) is -3.96. The van der Waals surface area contributed by atoms with Gasteiger partial charge in [-0.3, -0.25) is 4.79 Å². The Morgan fingerprint density at radius 1 is 1.16 bits per heavy atom. The first-order valence-corrected chi connectivity index (χ1v) is 9.37. The van der Waals surface area contributed by atoms with E-state index in [0.717, 1.165) is 10.5 Å². The topological polar surface area (TPSA) is 116 Å². The summed E-state index contributed by atoms with van der Waals surface area (Å²) in [6.07, 6.45) is 0. The van der Waals surface area contributed by atoms with Gasteiger partial charge >= 0.3 is 5.97 Å². The fourth-order valence-electron chi connectivity index (χ4n) is 1.98. The Morgan fingerprint density at radius 3 is 2.40 bits per heavy atom. The first kappa shape index (κ1) is 19.1. The summed E-state index contributed by atoms with van der Waals surface area (Å²) >= 11 is 3.28. The van der Waals surface area contributed by atoms with Crippen molar-refractivity contribution < 1.29 is 22.7 Å². The van der Waals surface area contributed by atoms with Gasteiger partial charge in [0.15, 0.2) is 6.61 Å². The number of nitrogens with two attached hydrogens (primary N) is 1. The zero-order chi connectivity index (χ0) is 18.6. The number of sulfonamides is 1. The van der Waals surface area contributed by atoms with Gasteiger partial charge in [0.05, 0.1) is 10.5 Å². The number of carbonyl (C=O) groups is 2. The third-order valence-electron chi connectivity index (χ3n) is 3.19.